The summed E-state index contributed by atoms with van der Waals surface area (Å²) < 4.78 is 0. The van der Waals surface area contributed by atoms with Crippen LogP contribution in [0.3, 0.4) is 0 Å². The highest BCUT2D eigenvalue weighted by Gasteiger charge is 3.01. The molecule has 106 valence electrons. The van der Waals surface area contributed by atoms with E-state index in [0.717, 1.165) is 17.8 Å². The third kappa shape index (κ3) is 1.15. The fourth-order valence-electron chi connectivity index (χ4n) is 7.08. The van der Waals surface area contributed by atoms with Gasteiger partial charge in [0, 0.05) is 0 Å². The highest BCUT2D eigenvalue weighted by atomic mass is 15.0. The Morgan fingerprint density at radius 2 is 1.67 bits per heavy atom. The lowest BCUT2D eigenvalue weighted by molar-refractivity contribution is 0.0689. The summed E-state index contributed by atoms with van der Waals surface area (Å²) in [6.07, 6.45) is 7.06. The van der Waals surface area contributed by atoms with Gasteiger partial charge in [-0.2, -0.15) is 0 Å². The van der Waals surface area contributed by atoms with Gasteiger partial charge in [-0.05, 0) is 40.4 Å². The summed E-state index contributed by atoms with van der Waals surface area (Å²) in [7, 11) is 0. The Hall–Kier alpha value is 0. The van der Waals surface area contributed by atoms with E-state index in [1.54, 1.807) is 0 Å². The second-order valence-electron chi connectivity index (χ2n) is 7.56. The molecule has 18 heavy (non-hydrogen) atoms. The van der Waals surface area contributed by atoms with Gasteiger partial charge in [-0.3, -0.25) is 0 Å². The van der Waals surface area contributed by atoms with E-state index in [2.05, 4.69) is 48.5 Å². The second kappa shape index (κ2) is 4.25. The van der Waals surface area contributed by atoms with E-state index in [-0.39, 0.29) is 0 Å². The monoisotopic (exact) mass is 250 g/mol. The standard InChI is InChI=1S/C18H34/c1-8-11-15(10-3)17(12-9-2)16(7)14(6)18(16,17)13(4)5/h13-15H,8-12H2,1-7H3. The van der Waals surface area contributed by atoms with Crippen LogP contribution in [0.15, 0.2) is 0 Å². The van der Waals surface area contributed by atoms with Crippen LogP contribution in [0.4, 0.5) is 0 Å². The Labute approximate surface area is 115 Å². The first-order valence-electron chi connectivity index (χ1n) is 8.43. The van der Waals surface area contributed by atoms with Crippen molar-refractivity contribution in [3.05, 3.63) is 0 Å². The molecule has 5 atom stereocenters. The van der Waals surface area contributed by atoms with Crippen molar-refractivity contribution in [2.45, 2.75) is 80.6 Å². The first-order chi connectivity index (χ1) is 8.43. The zero-order valence-electron chi connectivity index (χ0n) is 13.8. The normalized spacial score (nSPS) is 47.0. The second-order valence-corrected chi connectivity index (χ2v) is 7.56. The summed E-state index contributed by atoms with van der Waals surface area (Å²) in [5.41, 5.74) is 2.08. The van der Waals surface area contributed by atoms with E-state index in [0.29, 0.717) is 16.2 Å². The third-order valence-electron chi connectivity index (χ3n) is 7.31. The maximum absolute atomic E-state index is 2.62. The largest absolute Gasteiger partial charge is 0.0654 e. The van der Waals surface area contributed by atoms with Gasteiger partial charge in [0.15, 0.2) is 0 Å². The third-order valence-corrected chi connectivity index (χ3v) is 7.31. The SMILES string of the molecule is CCCC(CC)C1(CCC)C2(C)C(C)C21C(C)C. The van der Waals surface area contributed by atoms with Gasteiger partial charge in [0.1, 0.15) is 0 Å². The molecule has 0 bridgehead atoms. The molecular formula is C18H34. The summed E-state index contributed by atoms with van der Waals surface area (Å²) in [6.45, 7) is 17.3. The van der Waals surface area contributed by atoms with Crippen LogP contribution in [0.1, 0.15) is 80.6 Å². The lowest BCUT2D eigenvalue weighted by Crippen LogP contribution is -2.35. The smallest absolute Gasteiger partial charge is 0.0116 e. The molecule has 0 heteroatoms. The first-order valence-corrected chi connectivity index (χ1v) is 8.43. The molecule has 0 N–H and O–H groups in total. The highest BCUT2D eigenvalue weighted by Crippen LogP contribution is 3.05. The molecule has 0 spiro atoms. The Morgan fingerprint density at radius 1 is 1.06 bits per heavy atom. The van der Waals surface area contributed by atoms with Crippen LogP contribution in [0.5, 0.6) is 0 Å². The molecule has 0 nitrogen and oxygen atoms in total. The highest BCUT2D eigenvalue weighted by molar-refractivity contribution is 5.47. The van der Waals surface area contributed by atoms with Crippen molar-refractivity contribution in [2.24, 2.45) is 34.0 Å². The number of hydrogen-bond donors (Lipinski definition) is 0. The number of fused-ring (bicyclic) bond motifs is 1. The average molecular weight is 250 g/mol. The van der Waals surface area contributed by atoms with Gasteiger partial charge >= 0.3 is 0 Å². The first kappa shape index (κ1) is 14.4. The maximum atomic E-state index is 2.62. The van der Waals surface area contributed by atoms with E-state index >= 15 is 0 Å². The van der Waals surface area contributed by atoms with E-state index in [4.69, 9.17) is 0 Å². The fraction of sp³-hybridized carbons (Fsp3) is 1.00. The molecule has 5 unspecified atom stereocenters. The van der Waals surface area contributed by atoms with Gasteiger partial charge in [-0.25, -0.2) is 0 Å². The molecule has 0 saturated heterocycles. The molecule has 2 fully saturated rings. The van der Waals surface area contributed by atoms with Crippen molar-refractivity contribution < 1.29 is 0 Å². The molecule has 2 saturated carbocycles. The lowest BCUT2D eigenvalue weighted by Gasteiger charge is -2.41. The maximum Gasteiger partial charge on any atom is -0.0116 e. The van der Waals surface area contributed by atoms with E-state index in [1.807, 2.05) is 0 Å². The van der Waals surface area contributed by atoms with Crippen molar-refractivity contribution in [2.75, 3.05) is 0 Å². The predicted octanol–water partition coefficient (Wildman–Crippen LogP) is 5.91. The van der Waals surface area contributed by atoms with Gasteiger partial charge in [-0.15, -0.1) is 0 Å². The Balaban J connectivity index is 2.32. The van der Waals surface area contributed by atoms with Crippen LogP contribution in [0.2, 0.25) is 0 Å². The van der Waals surface area contributed by atoms with Gasteiger partial charge in [0.25, 0.3) is 0 Å². The number of rotatable bonds is 7. The quantitative estimate of drug-likeness (QED) is 0.527. The van der Waals surface area contributed by atoms with E-state index < -0.39 is 0 Å². The number of hydrogen-bond acceptors (Lipinski definition) is 0. The van der Waals surface area contributed by atoms with Crippen LogP contribution >= 0.6 is 0 Å². The lowest BCUT2D eigenvalue weighted by atomic mass is 9.63. The minimum atomic E-state index is 0.681. The summed E-state index contributed by atoms with van der Waals surface area (Å²) in [6, 6.07) is 0. The molecule has 0 aliphatic heterocycles. The van der Waals surface area contributed by atoms with E-state index in [1.165, 1.54) is 32.1 Å². The van der Waals surface area contributed by atoms with Crippen molar-refractivity contribution in [1.82, 2.24) is 0 Å². The molecule has 0 aromatic rings. The molecule has 0 radical (unpaired) electrons. The van der Waals surface area contributed by atoms with Gasteiger partial charge in [0.2, 0.25) is 0 Å². The van der Waals surface area contributed by atoms with Gasteiger partial charge in [-0.1, -0.05) is 74.1 Å². The van der Waals surface area contributed by atoms with Gasteiger partial charge < -0.3 is 0 Å². The van der Waals surface area contributed by atoms with Crippen molar-refractivity contribution in [3.8, 4) is 0 Å². The van der Waals surface area contributed by atoms with Crippen LogP contribution in [0.25, 0.3) is 0 Å². The average Bonchev–Trinajstić information content (AvgIpc) is 3.06. The van der Waals surface area contributed by atoms with Crippen LogP contribution in [-0.2, 0) is 0 Å². The molecule has 2 aliphatic rings. The van der Waals surface area contributed by atoms with Gasteiger partial charge in [0.05, 0.1) is 0 Å². The van der Waals surface area contributed by atoms with Crippen molar-refractivity contribution in [3.63, 3.8) is 0 Å². The molecule has 0 aromatic carbocycles. The predicted molar refractivity (Wildman–Crippen MR) is 80.6 cm³/mol. The minimum absolute atomic E-state index is 0.681. The van der Waals surface area contributed by atoms with Crippen molar-refractivity contribution in [1.29, 1.82) is 0 Å². The summed E-state index contributed by atoms with van der Waals surface area (Å²) in [5.74, 6) is 2.82. The zero-order chi connectivity index (χ0) is 13.8. The topological polar surface area (TPSA) is 0 Å². The molecule has 0 aromatic heterocycles. The zero-order valence-corrected chi connectivity index (χ0v) is 13.8. The van der Waals surface area contributed by atoms with Crippen LogP contribution in [0, 0.1) is 34.0 Å². The molecule has 2 aliphatic carbocycles. The molecule has 2 rings (SSSR count). The minimum Gasteiger partial charge on any atom is -0.0654 e. The molecule has 0 amide bonds. The molecule has 0 heterocycles. The Kier molecular flexibility index (Phi) is 3.40. The summed E-state index contributed by atoms with van der Waals surface area (Å²) in [5, 5.41) is 0. The van der Waals surface area contributed by atoms with Crippen LogP contribution in [-0.4, -0.2) is 0 Å². The molecular weight excluding hydrogens is 216 g/mol. The summed E-state index contributed by atoms with van der Waals surface area (Å²) >= 11 is 0. The Morgan fingerprint density at radius 3 is 1.94 bits per heavy atom. The van der Waals surface area contributed by atoms with E-state index in [9.17, 15) is 0 Å². The van der Waals surface area contributed by atoms with Crippen molar-refractivity contribution >= 4 is 0 Å². The summed E-state index contributed by atoms with van der Waals surface area (Å²) in [4.78, 5) is 0. The van der Waals surface area contributed by atoms with Crippen LogP contribution < -0.4 is 0 Å². The Bertz CT molecular complexity index is 311. The fourth-order valence-corrected chi connectivity index (χ4v) is 7.08.